The number of hydrogen-bond acceptors (Lipinski definition) is 4. The SMILES string of the molecule is CCC(C(N)=O)n1c(C)nc2sc(C)c(-c3ccccc3)c2c1=O. The molecule has 5 nitrogen and oxygen atoms in total. The Balaban J connectivity index is 2.39. The first-order chi connectivity index (χ1) is 11.5. The van der Waals surface area contributed by atoms with Crippen molar-refractivity contribution >= 4 is 27.5 Å². The molecule has 0 bridgehead atoms. The normalized spacial score (nSPS) is 12.5. The molecule has 0 spiro atoms. The summed E-state index contributed by atoms with van der Waals surface area (Å²) in [5, 5.41) is 0.564. The number of amides is 1. The molecule has 0 radical (unpaired) electrons. The van der Waals surface area contributed by atoms with Gasteiger partial charge in [0, 0.05) is 10.4 Å². The lowest BCUT2D eigenvalue weighted by atomic mass is 10.0. The molecule has 0 saturated carbocycles. The number of carbonyl (C=O) groups excluding carboxylic acids is 1. The number of aromatic nitrogens is 2. The molecule has 124 valence electrons. The second-order valence-electron chi connectivity index (χ2n) is 5.74. The van der Waals surface area contributed by atoms with Gasteiger partial charge in [-0.15, -0.1) is 11.3 Å². The zero-order valence-corrected chi connectivity index (χ0v) is 14.7. The molecule has 0 aliphatic rings. The Morgan fingerprint density at radius 2 is 1.96 bits per heavy atom. The lowest BCUT2D eigenvalue weighted by molar-refractivity contribution is -0.121. The quantitative estimate of drug-likeness (QED) is 0.791. The van der Waals surface area contributed by atoms with Gasteiger partial charge in [-0.3, -0.25) is 14.2 Å². The molecule has 24 heavy (non-hydrogen) atoms. The van der Waals surface area contributed by atoms with Crippen LogP contribution in [0.1, 0.15) is 30.1 Å². The number of aryl methyl sites for hydroxylation is 2. The molecule has 0 saturated heterocycles. The number of carbonyl (C=O) groups is 1. The van der Waals surface area contributed by atoms with Gasteiger partial charge in [-0.25, -0.2) is 4.98 Å². The highest BCUT2D eigenvalue weighted by molar-refractivity contribution is 7.19. The van der Waals surface area contributed by atoms with Crippen molar-refractivity contribution in [1.29, 1.82) is 0 Å². The third kappa shape index (κ3) is 2.53. The zero-order valence-electron chi connectivity index (χ0n) is 13.9. The van der Waals surface area contributed by atoms with Crippen molar-refractivity contribution in [2.75, 3.05) is 0 Å². The van der Waals surface area contributed by atoms with Crippen LogP contribution in [0.3, 0.4) is 0 Å². The topological polar surface area (TPSA) is 78.0 Å². The van der Waals surface area contributed by atoms with Gasteiger partial charge in [0.1, 0.15) is 16.7 Å². The van der Waals surface area contributed by atoms with Crippen LogP contribution in [-0.2, 0) is 4.79 Å². The minimum absolute atomic E-state index is 0.202. The predicted octanol–water partition coefficient (Wildman–Crippen LogP) is 3.18. The van der Waals surface area contributed by atoms with Crippen LogP contribution in [0.4, 0.5) is 0 Å². The van der Waals surface area contributed by atoms with Gasteiger partial charge in [0.05, 0.1) is 5.39 Å². The smallest absolute Gasteiger partial charge is 0.263 e. The third-order valence-corrected chi connectivity index (χ3v) is 5.20. The summed E-state index contributed by atoms with van der Waals surface area (Å²) in [5.74, 6) is -0.00363. The van der Waals surface area contributed by atoms with Crippen LogP contribution in [0.2, 0.25) is 0 Å². The monoisotopic (exact) mass is 341 g/mol. The van der Waals surface area contributed by atoms with Crippen LogP contribution in [-0.4, -0.2) is 15.5 Å². The van der Waals surface area contributed by atoms with Gasteiger partial charge in [-0.2, -0.15) is 0 Å². The van der Waals surface area contributed by atoms with Gasteiger partial charge >= 0.3 is 0 Å². The van der Waals surface area contributed by atoms with Gasteiger partial charge in [-0.05, 0) is 25.8 Å². The molecule has 2 N–H and O–H groups in total. The van der Waals surface area contributed by atoms with E-state index in [0.717, 1.165) is 16.0 Å². The number of benzene rings is 1. The summed E-state index contributed by atoms with van der Waals surface area (Å²) in [5.41, 5.74) is 7.15. The van der Waals surface area contributed by atoms with Crippen molar-refractivity contribution in [2.24, 2.45) is 5.73 Å². The molecule has 1 atom stereocenters. The number of nitrogens with two attached hydrogens (primary N) is 1. The number of fused-ring (bicyclic) bond motifs is 1. The Morgan fingerprint density at radius 1 is 1.29 bits per heavy atom. The summed E-state index contributed by atoms with van der Waals surface area (Å²) in [4.78, 5) is 31.3. The number of hydrogen-bond donors (Lipinski definition) is 1. The number of thiophene rings is 1. The second-order valence-corrected chi connectivity index (χ2v) is 6.94. The average molecular weight is 341 g/mol. The molecular weight excluding hydrogens is 322 g/mol. The third-order valence-electron chi connectivity index (χ3n) is 4.20. The van der Waals surface area contributed by atoms with E-state index in [9.17, 15) is 9.59 Å². The maximum Gasteiger partial charge on any atom is 0.263 e. The van der Waals surface area contributed by atoms with Crippen LogP contribution >= 0.6 is 11.3 Å². The van der Waals surface area contributed by atoms with E-state index in [1.807, 2.05) is 44.2 Å². The first-order valence-corrected chi connectivity index (χ1v) is 8.64. The van der Waals surface area contributed by atoms with Crippen molar-refractivity contribution in [3.05, 3.63) is 51.4 Å². The Kier molecular flexibility index (Phi) is 4.24. The Bertz CT molecular complexity index is 973. The minimum atomic E-state index is -0.682. The van der Waals surface area contributed by atoms with E-state index in [1.54, 1.807) is 6.92 Å². The Morgan fingerprint density at radius 3 is 2.54 bits per heavy atom. The standard InChI is InChI=1S/C18H19N3O2S/c1-4-13(16(19)22)21-11(3)20-17-15(18(21)23)14(10(2)24-17)12-8-6-5-7-9-12/h5-9,13H,4H2,1-3H3,(H2,19,22). The van der Waals surface area contributed by atoms with E-state index >= 15 is 0 Å². The van der Waals surface area contributed by atoms with Gasteiger partial charge < -0.3 is 5.73 Å². The summed E-state index contributed by atoms with van der Waals surface area (Å²) in [6.07, 6.45) is 0.451. The van der Waals surface area contributed by atoms with E-state index < -0.39 is 11.9 Å². The number of primary amides is 1. The van der Waals surface area contributed by atoms with E-state index in [1.165, 1.54) is 15.9 Å². The van der Waals surface area contributed by atoms with Crippen molar-refractivity contribution in [3.8, 4) is 11.1 Å². The number of nitrogens with zero attached hydrogens (tertiary/aromatic N) is 2. The van der Waals surface area contributed by atoms with Crippen molar-refractivity contribution in [1.82, 2.24) is 9.55 Å². The van der Waals surface area contributed by atoms with Crippen molar-refractivity contribution in [3.63, 3.8) is 0 Å². The van der Waals surface area contributed by atoms with Crippen LogP contribution in [0.15, 0.2) is 35.1 Å². The fourth-order valence-corrected chi connectivity index (χ4v) is 4.19. The van der Waals surface area contributed by atoms with Crippen LogP contribution in [0.25, 0.3) is 21.3 Å². The molecule has 0 aliphatic carbocycles. The molecule has 3 aromatic rings. The highest BCUT2D eigenvalue weighted by atomic mass is 32.1. The van der Waals surface area contributed by atoms with Crippen LogP contribution in [0.5, 0.6) is 0 Å². The summed E-state index contributed by atoms with van der Waals surface area (Å²) in [7, 11) is 0. The lowest BCUT2D eigenvalue weighted by Gasteiger charge is -2.17. The summed E-state index contributed by atoms with van der Waals surface area (Å²) < 4.78 is 1.43. The van der Waals surface area contributed by atoms with Gasteiger partial charge in [0.15, 0.2) is 0 Å². The molecule has 3 rings (SSSR count). The fourth-order valence-electron chi connectivity index (χ4n) is 3.11. The van der Waals surface area contributed by atoms with Crippen LogP contribution in [0, 0.1) is 13.8 Å². The van der Waals surface area contributed by atoms with Gasteiger partial charge in [0.25, 0.3) is 5.56 Å². The Labute approximate surface area is 143 Å². The van der Waals surface area contributed by atoms with E-state index in [4.69, 9.17) is 5.73 Å². The average Bonchev–Trinajstić information content (AvgIpc) is 2.87. The highest BCUT2D eigenvalue weighted by Crippen LogP contribution is 2.35. The number of rotatable bonds is 4. The minimum Gasteiger partial charge on any atom is -0.368 e. The molecule has 0 fully saturated rings. The fraction of sp³-hybridized carbons (Fsp3) is 0.278. The Hall–Kier alpha value is -2.47. The molecule has 2 aromatic heterocycles. The van der Waals surface area contributed by atoms with Gasteiger partial charge in [0.2, 0.25) is 5.91 Å². The van der Waals surface area contributed by atoms with E-state index in [-0.39, 0.29) is 5.56 Å². The maximum absolute atomic E-state index is 13.2. The van der Waals surface area contributed by atoms with E-state index in [0.29, 0.717) is 22.5 Å². The molecule has 2 heterocycles. The molecule has 0 aliphatic heterocycles. The summed E-state index contributed by atoms with van der Waals surface area (Å²) in [6, 6.07) is 9.09. The zero-order chi connectivity index (χ0) is 17.4. The van der Waals surface area contributed by atoms with Crippen molar-refractivity contribution in [2.45, 2.75) is 33.2 Å². The largest absolute Gasteiger partial charge is 0.368 e. The summed E-state index contributed by atoms with van der Waals surface area (Å²) in [6.45, 7) is 5.56. The first-order valence-electron chi connectivity index (χ1n) is 7.82. The predicted molar refractivity (Wildman–Crippen MR) is 97.3 cm³/mol. The molecule has 6 heteroatoms. The maximum atomic E-state index is 13.2. The molecular formula is C18H19N3O2S. The first kappa shape index (κ1) is 16.4. The van der Waals surface area contributed by atoms with Crippen molar-refractivity contribution < 1.29 is 4.79 Å². The van der Waals surface area contributed by atoms with Gasteiger partial charge in [-0.1, -0.05) is 37.3 Å². The van der Waals surface area contributed by atoms with E-state index in [2.05, 4.69) is 4.98 Å². The second kappa shape index (κ2) is 6.20. The highest BCUT2D eigenvalue weighted by Gasteiger charge is 2.24. The lowest BCUT2D eigenvalue weighted by Crippen LogP contribution is -2.35. The van der Waals surface area contributed by atoms with Crippen LogP contribution < -0.4 is 11.3 Å². The molecule has 1 aromatic carbocycles. The summed E-state index contributed by atoms with van der Waals surface area (Å²) >= 11 is 1.50. The molecule has 1 unspecified atom stereocenters. The molecule has 1 amide bonds.